The molecule has 0 aliphatic rings. The third kappa shape index (κ3) is 3.08. The quantitative estimate of drug-likeness (QED) is 0.410. The lowest BCUT2D eigenvalue weighted by Crippen LogP contribution is -1.89. The Hall–Kier alpha value is -1.12. The van der Waals surface area contributed by atoms with Crippen molar-refractivity contribution in [1.29, 1.82) is 5.53 Å². The zero-order valence-electron chi connectivity index (χ0n) is 4.76. The Morgan fingerprint density at radius 1 is 1.75 bits per heavy atom. The van der Waals surface area contributed by atoms with E-state index < -0.39 is 0 Å². The molecule has 3 nitrogen and oxygen atoms in total. The number of rotatable bonds is 2. The van der Waals surface area contributed by atoms with Gasteiger partial charge in [-0.15, -0.1) is 5.11 Å². The molecule has 0 saturated heterocycles. The van der Waals surface area contributed by atoms with E-state index in [1.807, 2.05) is 13.0 Å². The SMILES string of the molecule is C/C=C\C=C(\N)N=N. The molecule has 0 saturated carbocycles. The van der Waals surface area contributed by atoms with Gasteiger partial charge in [0.05, 0.1) is 0 Å². The lowest BCUT2D eigenvalue weighted by Gasteiger charge is -1.80. The van der Waals surface area contributed by atoms with E-state index in [1.54, 1.807) is 12.2 Å². The third-order valence-corrected chi connectivity index (χ3v) is 0.589. The average molecular weight is 111 g/mol. The van der Waals surface area contributed by atoms with E-state index in [-0.39, 0.29) is 5.82 Å². The van der Waals surface area contributed by atoms with Crippen molar-refractivity contribution in [2.24, 2.45) is 10.8 Å². The second-order valence-corrected chi connectivity index (χ2v) is 1.23. The molecule has 0 aromatic heterocycles. The first-order valence-electron chi connectivity index (χ1n) is 2.27. The number of allylic oxidation sites excluding steroid dienone is 3. The summed E-state index contributed by atoms with van der Waals surface area (Å²) < 4.78 is 0. The van der Waals surface area contributed by atoms with Crippen LogP contribution >= 0.6 is 0 Å². The minimum atomic E-state index is 0.225. The van der Waals surface area contributed by atoms with Crippen molar-refractivity contribution in [3.05, 3.63) is 24.0 Å². The highest BCUT2D eigenvalue weighted by Crippen LogP contribution is 1.83. The van der Waals surface area contributed by atoms with Crippen LogP contribution in [0.15, 0.2) is 29.2 Å². The highest BCUT2D eigenvalue weighted by molar-refractivity contribution is 5.06. The molecule has 0 amide bonds. The van der Waals surface area contributed by atoms with Crippen molar-refractivity contribution in [2.45, 2.75) is 6.92 Å². The highest BCUT2D eigenvalue weighted by Gasteiger charge is 1.73. The minimum absolute atomic E-state index is 0.225. The minimum Gasteiger partial charge on any atom is -0.382 e. The Labute approximate surface area is 48.4 Å². The number of nitrogens with two attached hydrogens (primary N) is 1. The van der Waals surface area contributed by atoms with Crippen LogP contribution in [0.2, 0.25) is 0 Å². The third-order valence-electron chi connectivity index (χ3n) is 0.589. The monoisotopic (exact) mass is 111 g/mol. The summed E-state index contributed by atoms with van der Waals surface area (Å²) in [5.41, 5.74) is 11.5. The van der Waals surface area contributed by atoms with Gasteiger partial charge in [0, 0.05) is 0 Å². The molecule has 8 heavy (non-hydrogen) atoms. The molecular formula is C5H9N3. The maximum atomic E-state index is 6.38. The first-order valence-corrected chi connectivity index (χ1v) is 2.27. The fourth-order valence-electron chi connectivity index (χ4n) is 0.232. The van der Waals surface area contributed by atoms with Crippen molar-refractivity contribution in [3.63, 3.8) is 0 Å². The fraction of sp³-hybridized carbons (Fsp3) is 0.200. The van der Waals surface area contributed by atoms with E-state index in [0.717, 1.165) is 0 Å². The van der Waals surface area contributed by atoms with E-state index in [0.29, 0.717) is 0 Å². The number of hydrogen-bond acceptors (Lipinski definition) is 3. The smallest absolute Gasteiger partial charge is 0.145 e. The molecule has 44 valence electrons. The summed E-state index contributed by atoms with van der Waals surface area (Å²) in [6.45, 7) is 1.87. The summed E-state index contributed by atoms with van der Waals surface area (Å²) in [5.74, 6) is 0.225. The van der Waals surface area contributed by atoms with Crippen LogP contribution in [0, 0.1) is 5.53 Å². The molecular weight excluding hydrogens is 102 g/mol. The maximum absolute atomic E-state index is 6.38. The second kappa shape index (κ2) is 4.05. The molecule has 0 unspecified atom stereocenters. The van der Waals surface area contributed by atoms with E-state index in [1.165, 1.54) is 0 Å². The highest BCUT2D eigenvalue weighted by atomic mass is 15.0. The van der Waals surface area contributed by atoms with Crippen LogP contribution < -0.4 is 5.73 Å². The lowest BCUT2D eigenvalue weighted by molar-refractivity contribution is 1.03. The molecule has 3 heteroatoms. The molecule has 0 radical (unpaired) electrons. The molecule has 0 aromatic rings. The summed E-state index contributed by atoms with van der Waals surface area (Å²) in [6, 6.07) is 0. The molecule has 0 aromatic carbocycles. The molecule has 0 rings (SSSR count). The van der Waals surface area contributed by atoms with Gasteiger partial charge in [-0.1, -0.05) is 12.2 Å². The van der Waals surface area contributed by atoms with Crippen molar-refractivity contribution in [1.82, 2.24) is 0 Å². The molecule has 0 spiro atoms. The largest absolute Gasteiger partial charge is 0.382 e. The van der Waals surface area contributed by atoms with Gasteiger partial charge in [0.1, 0.15) is 5.82 Å². The molecule has 0 bridgehead atoms. The predicted molar refractivity (Wildman–Crippen MR) is 32.2 cm³/mol. The van der Waals surface area contributed by atoms with Crippen LogP contribution in [0.1, 0.15) is 6.92 Å². The normalized spacial score (nSPS) is 12.4. The van der Waals surface area contributed by atoms with Crippen molar-refractivity contribution < 1.29 is 0 Å². The van der Waals surface area contributed by atoms with Gasteiger partial charge in [0.15, 0.2) is 0 Å². The predicted octanol–water partition coefficient (Wildman–Crippen LogP) is 1.39. The van der Waals surface area contributed by atoms with Gasteiger partial charge >= 0.3 is 0 Å². The summed E-state index contributed by atoms with van der Waals surface area (Å²) in [7, 11) is 0. The van der Waals surface area contributed by atoms with Gasteiger partial charge in [-0.05, 0) is 13.0 Å². The van der Waals surface area contributed by atoms with Crippen LogP contribution in [-0.4, -0.2) is 0 Å². The second-order valence-electron chi connectivity index (χ2n) is 1.23. The maximum Gasteiger partial charge on any atom is 0.145 e. The Bertz CT molecular complexity index is 124. The van der Waals surface area contributed by atoms with Gasteiger partial charge in [0.2, 0.25) is 0 Å². The van der Waals surface area contributed by atoms with Crippen molar-refractivity contribution in [2.75, 3.05) is 0 Å². The van der Waals surface area contributed by atoms with Gasteiger partial charge in [-0.3, -0.25) is 0 Å². The molecule has 0 aliphatic heterocycles. The zero-order chi connectivity index (χ0) is 6.41. The van der Waals surface area contributed by atoms with Crippen LogP contribution in [0.3, 0.4) is 0 Å². The summed E-state index contributed by atoms with van der Waals surface area (Å²) in [6.07, 6.45) is 5.11. The fourth-order valence-corrected chi connectivity index (χ4v) is 0.232. The van der Waals surface area contributed by atoms with Crippen LogP contribution in [0.4, 0.5) is 0 Å². The molecule has 0 atom stereocenters. The van der Waals surface area contributed by atoms with Crippen molar-refractivity contribution >= 4 is 0 Å². The molecule has 0 fully saturated rings. The van der Waals surface area contributed by atoms with Crippen LogP contribution in [-0.2, 0) is 0 Å². The van der Waals surface area contributed by atoms with E-state index in [4.69, 9.17) is 11.3 Å². The van der Waals surface area contributed by atoms with Crippen molar-refractivity contribution in [3.8, 4) is 0 Å². The first-order chi connectivity index (χ1) is 3.81. The van der Waals surface area contributed by atoms with E-state index >= 15 is 0 Å². The average Bonchev–Trinajstić information content (AvgIpc) is 1.83. The van der Waals surface area contributed by atoms with Crippen LogP contribution in [0.25, 0.3) is 0 Å². The topological polar surface area (TPSA) is 62.2 Å². The first kappa shape index (κ1) is 6.88. The number of nitrogens with one attached hydrogen (secondary N) is 1. The lowest BCUT2D eigenvalue weighted by atomic mass is 10.5. The summed E-state index contributed by atoms with van der Waals surface area (Å²) in [5, 5.41) is 2.96. The summed E-state index contributed by atoms with van der Waals surface area (Å²) in [4.78, 5) is 0. The van der Waals surface area contributed by atoms with Gasteiger partial charge in [0.25, 0.3) is 0 Å². The standard InChI is InChI=1S/C5H9N3/c1-2-3-4-5(6)8-7/h2-4,7H,6H2,1H3/b3-2-,5-4-,8-7?. The Balaban J connectivity index is 3.74. The van der Waals surface area contributed by atoms with Gasteiger partial charge < -0.3 is 5.73 Å². The van der Waals surface area contributed by atoms with Gasteiger partial charge in [-0.2, -0.15) is 0 Å². The van der Waals surface area contributed by atoms with E-state index in [9.17, 15) is 0 Å². The Morgan fingerprint density at radius 2 is 2.38 bits per heavy atom. The van der Waals surface area contributed by atoms with E-state index in [2.05, 4.69) is 5.11 Å². The van der Waals surface area contributed by atoms with Crippen LogP contribution in [0.5, 0.6) is 0 Å². The number of hydrogen-bond donors (Lipinski definition) is 2. The van der Waals surface area contributed by atoms with Gasteiger partial charge in [-0.25, -0.2) is 5.53 Å². The molecule has 0 heterocycles. The number of nitrogens with zero attached hydrogens (tertiary/aromatic N) is 1. The Morgan fingerprint density at radius 3 is 2.75 bits per heavy atom. The zero-order valence-corrected chi connectivity index (χ0v) is 4.76. The molecule has 0 aliphatic carbocycles. The molecule has 3 N–H and O–H groups in total. The summed E-state index contributed by atoms with van der Waals surface area (Å²) >= 11 is 0. The Kier molecular flexibility index (Phi) is 3.48.